The van der Waals surface area contributed by atoms with E-state index in [4.69, 9.17) is 9.47 Å². The van der Waals surface area contributed by atoms with Gasteiger partial charge in [-0.2, -0.15) is 0 Å². The van der Waals surface area contributed by atoms with Gasteiger partial charge in [-0.3, -0.25) is 14.9 Å². The number of hydrogen-bond donors (Lipinski definition) is 1. The van der Waals surface area contributed by atoms with E-state index in [9.17, 15) is 14.0 Å². The van der Waals surface area contributed by atoms with Crippen LogP contribution in [0.25, 0.3) is 0 Å². The fourth-order valence-corrected chi connectivity index (χ4v) is 4.42. The third kappa shape index (κ3) is 3.27. The van der Waals surface area contributed by atoms with Crippen molar-refractivity contribution in [2.24, 2.45) is 0 Å². The number of fused-ring (bicyclic) bond motifs is 1. The number of amides is 2. The molecular formula is C22H22FN3O4. The largest absolute Gasteiger partial charge is 0.454 e. The highest BCUT2D eigenvalue weighted by Crippen LogP contribution is 2.35. The normalized spacial score (nSPS) is 19.6. The minimum absolute atomic E-state index is 0.0230. The number of rotatable bonds is 3. The maximum Gasteiger partial charge on any atom is 0.253 e. The first-order valence-corrected chi connectivity index (χ1v) is 10.0. The van der Waals surface area contributed by atoms with Crippen molar-refractivity contribution in [1.29, 1.82) is 0 Å². The van der Waals surface area contributed by atoms with E-state index < -0.39 is 5.66 Å². The van der Waals surface area contributed by atoms with Crippen molar-refractivity contribution in [3.05, 3.63) is 59.4 Å². The van der Waals surface area contributed by atoms with Gasteiger partial charge in [-0.05, 0) is 35.9 Å². The summed E-state index contributed by atoms with van der Waals surface area (Å²) in [5.74, 6) is 0.902. The average Bonchev–Trinajstić information content (AvgIpc) is 3.35. The van der Waals surface area contributed by atoms with Crippen molar-refractivity contribution in [2.75, 3.05) is 26.4 Å². The van der Waals surface area contributed by atoms with Crippen molar-refractivity contribution < 1.29 is 23.5 Å². The molecule has 2 aromatic rings. The molecule has 7 nitrogen and oxygen atoms in total. The minimum Gasteiger partial charge on any atom is -0.454 e. The standard InChI is InChI=1S/C22H22FN3O4/c23-17-4-1-15(2-5-17)13-26-20(27)12-24-22(26)7-9-25(10-8-22)21(28)16-3-6-18-19(11-16)30-14-29-18/h1-6,11,24H,7-10,12-14H2. The lowest BCUT2D eigenvalue weighted by Gasteiger charge is -2.44. The molecular weight excluding hydrogens is 389 g/mol. The summed E-state index contributed by atoms with van der Waals surface area (Å²) in [6.45, 7) is 1.93. The molecule has 2 aromatic carbocycles. The number of nitrogens with one attached hydrogen (secondary N) is 1. The van der Waals surface area contributed by atoms with Crippen LogP contribution in [0.3, 0.4) is 0 Å². The Kier molecular flexibility index (Phi) is 4.58. The van der Waals surface area contributed by atoms with E-state index in [1.807, 2.05) is 9.80 Å². The number of halogens is 1. The molecule has 3 heterocycles. The number of carbonyl (C=O) groups excluding carboxylic acids is 2. The number of benzene rings is 2. The van der Waals surface area contributed by atoms with Gasteiger partial charge in [0, 0.05) is 38.0 Å². The topological polar surface area (TPSA) is 71.1 Å². The molecule has 2 saturated heterocycles. The van der Waals surface area contributed by atoms with Crippen LogP contribution in [0.15, 0.2) is 42.5 Å². The molecule has 2 amide bonds. The van der Waals surface area contributed by atoms with E-state index in [0.717, 1.165) is 5.56 Å². The molecule has 5 rings (SSSR count). The zero-order valence-electron chi connectivity index (χ0n) is 16.4. The van der Waals surface area contributed by atoms with E-state index in [-0.39, 0.29) is 31.0 Å². The van der Waals surface area contributed by atoms with Gasteiger partial charge in [0.1, 0.15) is 5.82 Å². The first kappa shape index (κ1) is 18.9. The van der Waals surface area contributed by atoms with E-state index in [1.165, 1.54) is 12.1 Å². The second-order valence-corrected chi connectivity index (χ2v) is 7.85. The Hall–Kier alpha value is -3.13. The second-order valence-electron chi connectivity index (χ2n) is 7.85. The smallest absolute Gasteiger partial charge is 0.253 e. The lowest BCUT2D eigenvalue weighted by atomic mass is 9.94. The summed E-state index contributed by atoms with van der Waals surface area (Å²) in [5.41, 5.74) is 0.970. The average molecular weight is 411 g/mol. The molecule has 0 bridgehead atoms. The summed E-state index contributed by atoms with van der Waals surface area (Å²) in [7, 11) is 0. The van der Waals surface area contributed by atoms with E-state index in [0.29, 0.717) is 49.5 Å². The van der Waals surface area contributed by atoms with Gasteiger partial charge in [0.25, 0.3) is 5.91 Å². The maximum atomic E-state index is 13.2. The molecule has 30 heavy (non-hydrogen) atoms. The molecule has 0 atom stereocenters. The van der Waals surface area contributed by atoms with Crippen LogP contribution < -0.4 is 14.8 Å². The van der Waals surface area contributed by atoms with Crippen molar-refractivity contribution in [2.45, 2.75) is 25.0 Å². The molecule has 1 spiro atoms. The fraction of sp³-hybridized carbons (Fsp3) is 0.364. The van der Waals surface area contributed by atoms with E-state index in [2.05, 4.69) is 5.32 Å². The molecule has 0 aliphatic carbocycles. The minimum atomic E-state index is -0.475. The highest BCUT2D eigenvalue weighted by Gasteiger charge is 2.47. The summed E-state index contributed by atoms with van der Waals surface area (Å²) in [5, 5.41) is 3.36. The summed E-state index contributed by atoms with van der Waals surface area (Å²) in [6, 6.07) is 11.4. The number of likely N-dealkylation sites (tertiary alicyclic amines) is 1. The van der Waals surface area contributed by atoms with Crippen LogP contribution >= 0.6 is 0 Å². The highest BCUT2D eigenvalue weighted by molar-refractivity contribution is 5.95. The summed E-state index contributed by atoms with van der Waals surface area (Å²) in [4.78, 5) is 29.2. The Bertz CT molecular complexity index is 986. The third-order valence-electron chi connectivity index (χ3n) is 6.14. The molecule has 2 fully saturated rings. The first-order chi connectivity index (χ1) is 14.5. The van der Waals surface area contributed by atoms with E-state index >= 15 is 0 Å². The molecule has 156 valence electrons. The molecule has 8 heteroatoms. The summed E-state index contributed by atoms with van der Waals surface area (Å²) >= 11 is 0. The van der Waals surface area contributed by atoms with Crippen molar-refractivity contribution >= 4 is 11.8 Å². The van der Waals surface area contributed by atoms with Gasteiger partial charge in [-0.15, -0.1) is 0 Å². The number of carbonyl (C=O) groups is 2. The summed E-state index contributed by atoms with van der Waals surface area (Å²) in [6.07, 6.45) is 1.27. The van der Waals surface area contributed by atoms with Crippen molar-refractivity contribution in [3.63, 3.8) is 0 Å². The number of nitrogens with zero attached hydrogens (tertiary/aromatic N) is 2. The van der Waals surface area contributed by atoms with Crippen LogP contribution in [0.2, 0.25) is 0 Å². The molecule has 0 radical (unpaired) electrons. The third-order valence-corrected chi connectivity index (χ3v) is 6.14. The quantitative estimate of drug-likeness (QED) is 0.838. The Morgan fingerprint density at radius 2 is 1.80 bits per heavy atom. The van der Waals surface area contributed by atoms with Gasteiger partial charge in [0.15, 0.2) is 11.5 Å². The molecule has 3 aliphatic heterocycles. The van der Waals surface area contributed by atoms with Gasteiger partial charge in [-0.1, -0.05) is 12.1 Å². The Morgan fingerprint density at radius 1 is 1.07 bits per heavy atom. The number of piperidine rings is 1. The molecule has 0 saturated carbocycles. The van der Waals surface area contributed by atoms with Gasteiger partial charge in [-0.25, -0.2) is 4.39 Å². The molecule has 0 unspecified atom stereocenters. The van der Waals surface area contributed by atoms with Crippen molar-refractivity contribution in [3.8, 4) is 11.5 Å². The van der Waals surface area contributed by atoms with E-state index in [1.54, 1.807) is 30.3 Å². The zero-order chi connectivity index (χ0) is 20.7. The van der Waals surface area contributed by atoms with Crippen molar-refractivity contribution in [1.82, 2.24) is 15.1 Å². The Labute approximate surface area is 173 Å². The number of ether oxygens (including phenoxy) is 2. The molecule has 0 aromatic heterocycles. The highest BCUT2D eigenvalue weighted by atomic mass is 19.1. The lowest BCUT2D eigenvalue weighted by Crippen LogP contribution is -2.58. The molecule has 1 N–H and O–H groups in total. The first-order valence-electron chi connectivity index (χ1n) is 10.0. The monoisotopic (exact) mass is 411 g/mol. The van der Waals surface area contributed by atoms with Gasteiger partial charge >= 0.3 is 0 Å². The van der Waals surface area contributed by atoms with Crippen LogP contribution in [-0.2, 0) is 11.3 Å². The van der Waals surface area contributed by atoms with Crippen LogP contribution in [-0.4, -0.2) is 53.7 Å². The number of hydrogen-bond acceptors (Lipinski definition) is 5. The van der Waals surface area contributed by atoms with Crippen LogP contribution in [0.1, 0.15) is 28.8 Å². The van der Waals surface area contributed by atoms with Crippen LogP contribution in [0, 0.1) is 5.82 Å². The zero-order valence-corrected chi connectivity index (χ0v) is 16.4. The van der Waals surface area contributed by atoms with Crippen LogP contribution in [0.5, 0.6) is 11.5 Å². The van der Waals surface area contributed by atoms with Crippen LogP contribution in [0.4, 0.5) is 4.39 Å². The summed E-state index contributed by atoms with van der Waals surface area (Å²) < 4.78 is 23.9. The fourth-order valence-electron chi connectivity index (χ4n) is 4.42. The maximum absolute atomic E-state index is 13.2. The predicted octanol–water partition coefficient (Wildman–Crippen LogP) is 2.12. The second kappa shape index (κ2) is 7.28. The van der Waals surface area contributed by atoms with Gasteiger partial charge < -0.3 is 19.3 Å². The van der Waals surface area contributed by atoms with Gasteiger partial charge in [0.05, 0.1) is 12.2 Å². The lowest BCUT2D eigenvalue weighted by molar-refractivity contribution is -0.132. The Morgan fingerprint density at radius 3 is 2.57 bits per heavy atom. The predicted molar refractivity (Wildman–Crippen MR) is 105 cm³/mol. The van der Waals surface area contributed by atoms with Gasteiger partial charge in [0.2, 0.25) is 12.7 Å². The Balaban J connectivity index is 1.28. The SMILES string of the molecule is O=C(c1ccc2c(c1)OCO2)N1CCC2(CC1)NCC(=O)N2Cc1ccc(F)cc1. The molecule has 3 aliphatic rings.